The van der Waals surface area contributed by atoms with E-state index in [2.05, 4.69) is 101 Å². The van der Waals surface area contributed by atoms with Gasteiger partial charge in [-0.1, -0.05) is 91.8 Å². The Balaban J connectivity index is 2.11. The maximum Gasteiger partial charge on any atom is 0.245 e. The molecule has 0 bridgehead atoms. The van der Waals surface area contributed by atoms with Gasteiger partial charge in [0.05, 0.1) is 11.4 Å². The average Bonchev–Trinajstić information content (AvgIpc) is 3.07. The highest BCUT2D eigenvalue weighted by Crippen LogP contribution is 2.55. The molecule has 0 spiro atoms. The third-order valence-corrected chi connectivity index (χ3v) is 7.82. The Labute approximate surface area is 185 Å². The van der Waals surface area contributed by atoms with E-state index in [9.17, 15) is 4.89 Å². The lowest BCUT2D eigenvalue weighted by Crippen LogP contribution is -2.19. The normalized spacial score (nSPS) is 15.5. The monoisotopic (exact) mass is 426 g/mol. The van der Waals surface area contributed by atoms with Crippen molar-refractivity contribution >= 4 is 19.8 Å². The van der Waals surface area contributed by atoms with Crippen molar-refractivity contribution in [2.75, 3.05) is 22.4 Å². The van der Waals surface area contributed by atoms with E-state index in [4.69, 9.17) is 0 Å². The molecule has 1 heterocycles. The molecule has 1 saturated heterocycles. The van der Waals surface area contributed by atoms with E-state index < -0.39 is 8.45 Å². The van der Waals surface area contributed by atoms with Crippen molar-refractivity contribution < 1.29 is 4.89 Å². The summed E-state index contributed by atoms with van der Waals surface area (Å²) in [6.07, 6.45) is 0. The molecule has 1 N–H and O–H groups in total. The minimum absolute atomic E-state index is 0.422. The highest BCUT2D eigenvalue weighted by molar-refractivity contribution is 7.55. The Morgan fingerprint density at radius 1 is 0.600 bits per heavy atom. The van der Waals surface area contributed by atoms with E-state index in [0.717, 1.165) is 13.1 Å². The molecule has 30 heavy (non-hydrogen) atoms. The largest absolute Gasteiger partial charge is 0.338 e. The minimum Gasteiger partial charge on any atom is -0.338 e. The summed E-state index contributed by atoms with van der Waals surface area (Å²) in [7, 11) is -1.44. The topological polar surface area (TPSA) is 26.7 Å². The lowest BCUT2D eigenvalue weighted by molar-refractivity contribution is 0.622. The number of rotatable bonds is 6. The summed E-state index contributed by atoms with van der Waals surface area (Å²) in [6.45, 7) is 19.7. The Kier molecular flexibility index (Phi) is 7.15. The van der Waals surface area contributed by atoms with Crippen LogP contribution in [0.25, 0.3) is 0 Å². The first-order chi connectivity index (χ1) is 14.1. The van der Waals surface area contributed by atoms with Gasteiger partial charge in [-0.2, -0.15) is 0 Å². The summed E-state index contributed by atoms with van der Waals surface area (Å²) in [4.78, 5) is 11.7. The lowest BCUT2D eigenvalue weighted by Gasteiger charge is -2.33. The zero-order valence-electron chi connectivity index (χ0n) is 20.0. The van der Waals surface area contributed by atoms with Crippen LogP contribution in [0.2, 0.25) is 0 Å². The molecule has 1 aliphatic rings. The van der Waals surface area contributed by atoms with Crippen molar-refractivity contribution in [3.05, 3.63) is 58.7 Å². The van der Waals surface area contributed by atoms with E-state index in [1.165, 1.54) is 33.6 Å². The lowest BCUT2D eigenvalue weighted by atomic mass is 9.92. The zero-order chi connectivity index (χ0) is 22.2. The van der Waals surface area contributed by atoms with Gasteiger partial charge in [-0.15, -0.1) is 0 Å². The molecular formula is C26H39N2OP. The first kappa shape index (κ1) is 23.1. The minimum atomic E-state index is -1.44. The third kappa shape index (κ3) is 4.25. The third-order valence-electron chi connectivity index (χ3n) is 6.16. The second-order valence-corrected chi connectivity index (χ2v) is 11.2. The molecule has 4 heteroatoms. The highest BCUT2D eigenvalue weighted by Gasteiger charge is 2.37. The van der Waals surface area contributed by atoms with Gasteiger partial charge in [0.1, 0.15) is 0 Å². The molecule has 0 unspecified atom stereocenters. The fraction of sp³-hybridized carbons (Fsp3) is 0.538. The molecule has 3 nitrogen and oxygen atoms in total. The molecule has 3 rings (SSSR count). The van der Waals surface area contributed by atoms with Crippen LogP contribution in [0.1, 0.15) is 101 Å². The number of hydrogen-bond acceptors (Lipinski definition) is 3. The summed E-state index contributed by atoms with van der Waals surface area (Å²) in [5, 5.41) is 0. The second-order valence-electron chi connectivity index (χ2n) is 9.70. The van der Waals surface area contributed by atoms with Gasteiger partial charge in [0.2, 0.25) is 8.45 Å². The van der Waals surface area contributed by atoms with Gasteiger partial charge in [-0.25, -0.2) is 0 Å². The van der Waals surface area contributed by atoms with Crippen molar-refractivity contribution in [3.63, 3.8) is 0 Å². The number of benzene rings is 2. The predicted octanol–water partition coefficient (Wildman–Crippen LogP) is 7.73. The molecule has 2 aromatic carbocycles. The van der Waals surface area contributed by atoms with Gasteiger partial charge in [0, 0.05) is 13.1 Å². The van der Waals surface area contributed by atoms with Crippen molar-refractivity contribution in [1.29, 1.82) is 0 Å². The molecule has 0 aliphatic carbocycles. The number of anilines is 2. The van der Waals surface area contributed by atoms with Crippen LogP contribution in [0.3, 0.4) is 0 Å². The van der Waals surface area contributed by atoms with Crippen LogP contribution in [0.4, 0.5) is 11.4 Å². The molecule has 2 aromatic rings. The highest BCUT2D eigenvalue weighted by atomic mass is 31.2. The maximum atomic E-state index is 11.7. The summed E-state index contributed by atoms with van der Waals surface area (Å²) in [6, 6.07) is 13.3. The van der Waals surface area contributed by atoms with Crippen LogP contribution < -0.4 is 9.34 Å². The van der Waals surface area contributed by atoms with Gasteiger partial charge in [0.25, 0.3) is 0 Å². The number of nitrogens with zero attached hydrogens (tertiary/aromatic N) is 2. The standard InChI is InChI=1S/C26H39N2OP/c1-17(2)21-11-9-12-22(18(3)4)25(21)27-15-16-28(30(27)29)26-23(19(5)6)13-10-14-24(26)20(7)8/h9-14,17-20,29H,15-16H2,1-8H3. The summed E-state index contributed by atoms with van der Waals surface area (Å²) < 4.78 is 4.59. The SMILES string of the molecule is CC(C)c1cccc(C(C)C)c1N1CCN(c2c(C(C)C)cccc2C(C)C)P1O. The first-order valence-electron chi connectivity index (χ1n) is 11.4. The van der Waals surface area contributed by atoms with Crippen LogP contribution in [0.15, 0.2) is 36.4 Å². The predicted molar refractivity (Wildman–Crippen MR) is 133 cm³/mol. The quantitative estimate of drug-likeness (QED) is 0.479. The summed E-state index contributed by atoms with van der Waals surface area (Å²) in [5.41, 5.74) is 7.87. The van der Waals surface area contributed by atoms with Crippen molar-refractivity contribution in [2.45, 2.75) is 79.1 Å². The second kappa shape index (κ2) is 9.28. The maximum absolute atomic E-state index is 11.7. The molecular weight excluding hydrogens is 387 g/mol. The molecule has 0 aromatic heterocycles. The van der Waals surface area contributed by atoms with E-state index in [1.807, 2.05) is 0 Å². The Morgan fingerprint density at radius 2 is 0.867 bits per heavy atom. The zero-order valence-corrected chi connectivity index (χ0v) is 20.9. The first-order valence-corrected chi connectivity index (χ1v) is 12.6. The molecule has 164 valence electrons. The van der Waals surface area contributed by atoms with Crippen LogP contribution in [-0.4, -0.2) is 18.0 Å². The number of para-hydroxylation sites is 2. The van der Waals surface area contributed by atoms with E-state index in [0.29, 0.717) is 23.7 Å². The number of hydrogen-bond donors (Lipinski definition) is 1. The fourth-order valence-corrected chi connectivity index (χ4v) is 6.14. The fourth-order valence-electron chi connectivity index (χ4n) is 4.52. The van der Waals surface area contributed by atoms with E-state index in [1.54, 1.807) is 0 Å². The van der Waals surface area contributed by atoms with Crippen molar-refractivity contribution in [2.24, 2.45) is 0 Å². The molecule has 0 radical (unpaired) electrons. The van der Waals surface area contributed by atoms with Crippen molar-refractivity contribution in [1.82, 2.24) is 0 Å². The van der Waals surface area contributed by atoms with Gasteiger partial charge in [-0.3, -0.25) is 0 Å². The van der Waals surface area contributed by atoms with Crippen LogP contribution in [0, 0.1) is 0 Å². The molecule has 1 fully saturated rings. The van der Waals surface area contributed by atoms with Gasteiger partial charge >= 0.3 is 0 Å². The van der Waals surface area contributed by atoms with Crippen molar-refractivity contribution in [3.8, 4) is 0 Å². The Bertz CT molecular complexity index is 751. The molecule has 1 aliphatic heterocycles. The van der Waals surface area contributed by atoms with E-state index in [-0.39, 0.29) is 0 Å². The summed E-state index contributed by atoms with van der Waals surface area (Å²) in [5.74, 6) is 1.69. The van der Waals surface area contributed by atoms with Gasteiger partial charge in [0.15, 0.2) is 0 Å². The van der Waals surface area contributed by atoms with Crippen LogP contribution >= 0.6 is 8.45 Å². The Morgan fingerprint density at radius 3 is 1.10 bits per heavy atom. The Hall–Kier alpha value is -1.57. The molecule has 0 atom stereocenters. The van der Waals surface area contributed by atoms with Crippen LogP contribution in [-0.2, 0) is 0 Å². The van der Waals surface area contributed by atoms with E-state index >= 15 is 0 Å². The molecule has 0 saturated carbocycles. The van der Waals surface area contributed by atoms with Crippen LogP contribution in [0.5, 0.6) is 0 Å². The average molecular weight is 427 g/mol. The summed E-state index contributed by atoms with van der Waals surface area (Å²) >= 11 is 0. The van der Waals surface area contributed by atoms with Gasteiger partial charge in [-0.05, 0) is 45.9 Å². The smallest absolute Gasteiger partial charge is 0.245 e. The van der Waals surface area contributed by atoms with Gasteiger partial charge < -0.3 is 14.2 Å². The molecule has 0 amide bonds.